The van der Waals surface area contributed by atoms with Crippen molar-refractivity contribution < 1.29 is 30.4 Å². The van der Waals surface area contributed by atoms with Crippen LogP contribution in [-0.4, -0.2) is 30.5 Å². The third-order valence-corrected chi connectivity index (χ3v) is 7.82. The van der Waals surface area contributed by atoms with E-state index >= 15 is 0 Å². The summed E-state index contributed by atoms with van der Waals surface area (Å²) in [6.07, 6.45) is 0. The van der Waals surface area contributed by atoms with Crippen LogP contribution in [0.15, 0.2) is 76.5 Å². The van der Waals surface area contributed by atoms with E-state index < -0.39 is 36.6 Å². The van der Waals surface area contributed by atoms with Gasteiger partial charge in [-0.3, -0.25) is 9.03 Å². The standard InChI is InChI=1S/C21H20F2N2O5S2/c1-3-25(16-7-5-4-6-8-16)32(28,29)17-10-11-20(30-2)19(14-17)24-31(26,27)21-12-9-15(22)13-18(21)23/h4-14,24H,3H2,1-2H3. The monoisotopic (exact) mass is 482 g/mol. The molecule has 170 valence electrons. The molecule has 3 rings (SSSR count). The van der Waals surface area contributed by atoms with Gasteiger partial charge in [-0.1, -0.05) is 18.2 Å². The highest BCUT2D eigenvalue weighted by Gasteiger charge is 2.27. The maximum Gasteiger partial charge on any atom is 0.264 e. The lowest BCUT2D eigenvalue weighted by atomic mass is 10.3. The van der Waals surface area contributed by atoms with Crippen molar-refractivity contribution in [2.45, 2.75) is 16.7 Å². The number of rotatable bonds is 8. The van der Waals surface area contributed by atoms with E-state index in [0.29, 0.717) is 11.8 Å². The third-order valence-electron chi connectivity index (χ3n) is 4.52. The number of ether oxygens (including phenoxy) is 1. The van der Waals surface area contributed by atoms with Crippen molar-refractivity contribution in [3.05, 3.63) is 78.4 Å². The van der Waals surface area contributed by atoms with E-state index in [0.717, 1.165) is 22.5 Å². The Bertz CT molecular complexity index is 1330. The minimum absolute atomic E-state index is 0.0119. The van der Waals surface area contributed by atoms with Gasteiger partial charge in [0.05, 0.1) is 23.4 Å². The summed E-state index contributed by atoms with van der Waals surface area (Å²) < 4.78 is 87.5. The average Bonchev–Trinajstić information content (AvgIpc) is 2.74. The van der Waals surface area contributed by atoms with Crippen LogP contribution in [0.5, 0.6) is 5.75 Å². The molecule has 0 bridgehead atoms. The number of anilines is 2. The zero-order valence-electron chi connectivity index (χ0n) is 17.1. The predicted octanol–water partition coefficient (Wildman–Crippen LogP) is 3.99. The number of benzene rings is 3. The molecule has 0 aliphatic carbocycles. The fourth-order valence-electron chi connectivity index (χ4n) is 3.03. The zero-order chi connectivity index (χ0) is 23.5. The van der Waals surface area contributed by atoms with Crippen LogP contribution in [0.3, 0.4) is 0 Å². The topological polar surface area (TPSA) is 92.8 Å². The molecular formula is C21H20F2N2O5S2. The fraction of sp³-hybridized carbons (Fsp3) is 0.143. The van der Waals surface area contributed by atoms with Crippen LogP contribution >= 0.6 is 0 Å². The van der Waals surface area contributed by atoms with Gasteiger partial charge in [-0.15, -0.1) is 0 Å². The maximum absolute atomic E-state index is 14.0. The molecule has 0 unspecified atom stereocenters. The second-order valence-corrected chi connectivity index (χ2v) is 10.1. The van der Waals surface area contributed by atoms with E-state index in [9.17, 15) is 25.6 Å². The summed E-state index contributed by atoms with van der Waals surface area (Å²) in [6.45, 7) is 1.79. The molecule has 0 aromatic heterocycles. The van der Waals surface area contributed by atoms with Crippen molar-refractivity contribution in [1.29, 1.82) is 0 Å². The van der Waals surface area contributed by atoms with Gasteiger partial charge in [0.2, 0.25) is 0 Å². The molecule has 32 heavy (non-hydrogen) atoms. The van der Waals surface area contributed by atoms with E-state index in [1.54, 1.807) is 37.3 Å². The summed E-state index contributed by atoms with van der Waals surface area (Å²) in [5.74, 6) is -2.22. The van der Waals surface area contributed by atoms with Gasteiger partial charge < -0.3 is 4.74 Å². The van der Waals surface area contributed by atoms with Crippen molar-refractivity contribution in [2.75, 3.05) is 22.7 Å². The first-order chi connectivity index (χ1) is 15.1. The fourth-order valence-corrected chi connectivity index (χ4v) is 5.66. The van der Waals surface area contributed by atoms with Gasteiger partial charge in [0, 0.05) is 12.6 Å². The van der Waals surface area contributed by atoms with Gasteiger partial charge in [0.1, 0.15) is 22.3 Å². The molecule has 1 N–H and O–H groups in total. The number of halogens is 2. The van der Waals surface area contributed by atoms with Crippen molar-refractivity contribution in [1.82, 2.24) is 0 Å². The van der Waals surface area contributed by atoms with Crippen LogP contribution in [-0.2, 0) is 20.0 Å². The highest BCUT2D eigenvalue weighted by Crippen LogP contribution is 2.32. The molecule has 3 aromatic carbocycles. The molecule has 3 aromatic rings. The lowest BCUT2D eigenvalue weighted by Crippen LogP contribution is -2.30. The number of hydrogen-bond donors (Lipinski definition) is 1. The molecule has 0 aliphatic heterocycles. The van der Waals surface area contributed by atoms with Crippen molar-refractivity contribution in [3.63, 3.8) is 0 Å². The summed E-state index contributed by atoms with van der Waals surface area (Å²) in [7, 11) is -7.31. The van der Waals surface area contributed by atoms with Crippen LogP contribution in [0.4, 0.5) is 20.2 Å². The van der Waals surface area contributed by atoms with Crippen molar-refractivity contribution in [3.8, 4) is 5.75 Å². The van der Waals surface area contributed by atoms with Gasteiger partial charge in [0.15, 0.2) is 0 Å². The first kappa shape index (κ1) is 23.5. The number of sulfonamides is 2. The normalized spacial score (nSPS) is 11.8. The summed E-state index contributed by atoms with van der Waals surface area (Å²) in [6, 6.07) is 14.0. The highest BCUT2D eigenvalue weighted by molar-refractivity contribution is 7.93. The summed E-state index contributed by atoms with van der Waals surface area (Å²) in [5, 5.41) is 0. The molecule has 0 aliphatic rings. The Morgan fingerprint density at radius 3 is 2.22 bits per heavy atom. The van der Waals surface area contributed by atoms with E-state index in [-0.39, 0.29) is 22.9 Å². The van der Waals surface area contributed by atoms with Crippen LogP contribution in [0.1, 0.15) is 6.92 Å². The van der Waals surface area contributed by atoms with Gasteiger partial charge in [0.25, 0.3) is 20.0 Å². The number of methoxy groups -OCH3 is 1. The number of nitrogens with one attached hydrogen (secondary N) is 1. The van der Waals surface area contributed by atoms with Crippen molar-refractivity contribution in [2.24, 2.45) is 0 Å². The molecule has 0 saturated heterocycles. The van der Waals surface area contributed by atoms with E-state index in [2.05, 4.69) is 4.72 Å². The zero-order valence-corrected chi connectivity index (χ0v) is 18.8. The second kappa shape index (κ2) is 9.13. The summed E-state index contributed by atoms with van der Waals surface area (Å²) in [4.78, 5) is -1.00. The lowest BCUT2D eigenvalue weighted by molar-refractivity contribution is 0.416. The smallest absolute Gasteiger partial charge is 0.264 e. The Kier molecular flexibility index (Phi) is 6.70. The lowest BCUT2D eigenvalue weighted by Gasteiger charge is -2.23. The van der Waals surface area contributed by atoms with E-state index in [4.69, 9.17) is 4.74 Å². The Morgan fingerprint density at radius 1 is 0.938 bits per heavy atom. The Hall–Kier alpha value is -3.18. The van der Waals surface area contributed by atoms with Crippen LogP contribution in [0.2, 0.25) is 0 Å². The first-order valence-corrected chi connectivity index (χ1v) is 12.3. The largest absolute Gasteiger partial charge is 0.495 e. The minimum atomic E-state index is -4.51. The van der Waals surface area contributed by atoms with Gasteiger partial charge in [-0.25, -0.2) is 25.6 Å². The van der Waals surface area contributed by atoms with Gasteiger partial charge >= 0.3 is 0 Å². The summed E-state index contributed by atoms with van der Waals surface area (Å²) in [5.41, 5.74) is 0.211. The highest BCUT2D eigenvalue weighted by atomic mass is 32.2. The van der Waals surface area contributed by atoms with Gasteiger partial charge in [-0.2, -0.15) is 0 Å². The predicted molar refractivity (Wildman–Crippen MR) is 117 cm³/mol. The molecule has 0 heterocycles. The molecule has 0 spiro atoms. The SMILES string of the molecule is CCN(c1ccccc1)S(=O)(=O)c1ccc(OC)c(NS(=O)(=O)c2ccc(F)cc2F)c1. The summed E-state index contributed by atoms with van der Waals surface area (Å²) >= 11 is 0. The first-order valence-electron chi connectivity index (χ1n) is 9.34. The molecule has 7 nitrogen and oxygen atoms in total. The van der Waals surface area contributed by atoms with Crippen LogP contribution in [0.25, 0.3) is 0 Å². The van der Waals surface area contributed by atoms with Crippen LogP contribution < -0.4 is 13.8 Å². The second-order valence-electron chi connectivity index (χ2n) is 6.55. The van der Waals surface area contributed by atoms with Crippen molar-refractivity contribution >= 4 is 31.4 Å². The average molecular weight is 483 g/mol. The Morgan fingerprint density at radius 2 is 1.62 bits per heavy atom. The molecule has 11 heteroatoms. The molecular weight excluding hydrogens is 462 g/mol. The minimum Gasteiger partial charge on any atom is -0.495 e. The third kappa shape index (κ3) is 4.68. The quantitative estimate of drug-likeness (QED) is 0.524. The molecule has 0 radical (unpaired) electrons. The molecule has 0 saturated carbocycles. The molecule has 0 fully saturated rings. The van der Waals surface area contributed by atoms with Gasteiger partial charge in [-0.05, 0) is 49.4 Å². The Balaban J connectivity index is 2.05. The number of para-hydroxylation sites is 1. The van der Waals surface area contributed by atoms with E-state index in [1.165, 1.54) is 19.2 Å². The Labute approximate surface area is 185 Å². The number of hydrogen-bond acceptors (Lipinski definition) is 5. The molecule has 0 atom stereocenters. The molecule has 0 amide bonds. The van der Waals surface area contributed by atoms with E-state index in [1.807, 2.05) is 0 Å². The van der Waals surface area contributed by atoms with Crippen LogP contribution in [0, 0.1) is 11.6 Å². The maximum atomic E-state index is 14.0. The number of nitrogens with zero attached hydrogens (tertiary/aromatic N) is 1.